The number of fused-ring (bicyclic) bond motifs is 2. The van der Waals surface area contributed by atoms with E-state index in [1.54, 1.807) is 67.6 Å². The molecule has 0 spiro atoms. The number of hydrogen-bond donors (Lipinski definition) is 4. The third-order valence-corrected chi connectivity index (χ3v) is 8.82. The number of aliphatic carboxylic acids is 1. The van der Waals surface area contributed by atoms with Crippen molar-refractivity contribution in [3.05, 3.63) is 114 Å². The minimum Gasteiger partial charge on any atom is -0.479 e. The Labute approximate surface area is 264 Å². The molecule has 0 saturated carbocycles. The van der Waals surface area contributed by atoms with Crippen molar-refractivity contribution < 1.29 is 32.6 Å². The molecule has 0 aliphatic heterocycles. The van der Waals surface area contributed by atoms with E-state index in [1.807, 2.05) is 12.1 Å². The molecular weight excluding hydrogens is 610 g/mol. The number of hydrazone groups is 1. The topological polar surface area (TPSA) is 176 Å². The van der Waals surface area contributed by atoms with Crippen LogP contribution in [0.25, 0.3) is 21.7 Å². The molecule has 0 saturated heterocycles. The van der Waals surface area contributed by atoms with E-state index in [9.17, 15) is 27.9 Å². The van der Waals surface area contributed by atoms with E-state index in [4.69, 9.17) is 4.74 Å². The van der Waals surface area contributed by atoms with Crippen molar-refractivity contribution >= 4 is 61.4 Å². The van der Waals surface area contributed by atoms with Gasteiger partial charge in [0.05, 0.1) is 23.2 Å². The number of hydrogen-bond acceptors (Lipinski definition) is 9. The van der Waals surface area contributed by atoms with Crippen molar-refractivity contribution in [3.8, 4) is 0 Å². The van der Waals surface area contributed by atoms with Crippen LogP contribution in [0.1, 0.15) is 28.4 Å². The molecule has 13 heteroatoms. The van der Waals surface area contributed by atoms with Gasteiger partial charge in [0, 0.05) is 29.4 Å². The summed E-state index contributed by atoms with van der Waals surface area (Å²) in [7, 11) is -4.41. The van der Waals surface area contributed by atoms with Gasteiger partial charge < -0.3 is 20.5 Å². The summed E-state index contributed by atoms with van der Waals surface area (Å²) < 4.78 is 31.8. The van der Waals surface area contributed by atoms with Crippen LogP contribution in [0.4, 0.5) is 10.5 Å². The van der Waals surface area contributed by atoms with Crippen LogP contribution in [0, 0.1) is 0 Å². The number of anilines is 1. The number of carboxylic acids is 1. The number of para-hydroxylation sites is 1. The maximum atomic E-state index is 13.5. The first-order valence-electron chi connectivity index (χ1n) is 14.1. The van der Waals surface area contributed by atoms with Gasteiger partial charge in [-0.2, -0.15) is 5.10 Å². The zero-order valence-electron chi connectivity index (χ0n) is 24.5. The third-order valence-electron chi connectivity index (χ3n) is 6.94. The summed E-state index contributed by atoms with van der Waals surface area (Å²) in [6.07, 6.45) is 2.27. The minimum atomic E-state index is -4.41. The van der Waals surface area contributed by atoms with Gasteiger partial charge >= 0.3 is 12.1 Å². The lowest BCUT2D eigenvalue weighted by molar-refractivity contribution is -0.136. The van der Waals surface area contributed by atoms with Gasteiger partial charge in [0.2, 0.25) is 15.2 Å². The minimum absolute atomic E-state index is 0.181. The molecule has 46 heavy (non-hydrogen) atoms. The number of amides is 2. The Morgan fingerprint density at radius 2 is 1.70 bits per heavy atom. The lowest BCUT2D eigenvalue weighted by Crippen LogP contribution is -2.37. The van der Waals surface area contributed by atoms with Gasteiger partial charge in [-0.25, -0.2) is 23.4 Å². The van der Waals surface area contributed by atoms with Crippen LogP contribution in [0.5, 0.6) is 0 Å². The van der Waals surface area contributed by atoms with Crippen LogP contribution in [0.3, 0.4) is 0 Å². The van der Waals surface area contributed by atoms with Crippen LogP contribution in [0.2, 0.25) is 0 Å². The molecule has 1 aromatic heterocycles. The van der Waals surface area contributed by atoms with E-state index in [0.29, 0.717) is 21.7 Å². The summed E-state index contributed by atoms with van der Waals surface area (Å²) in [4.78, 5) is 40.6. The summed E-state index contributed by atoms with van der Waals surface area (Å²) in [6.45, 7) is 2.18. The first-order valence-corrected chi connectivity index (χ1v) is 15.6. The Kier molecular flexibility index (Phi) is 9.53. The first-order chi connectivity index (χ1) is 22.2. The molecule has 5 rings (SSSR count). The van der Waals surface area contributed by atoms with E-state index < -0.39 is 27.3 Å². The van der Waals surface area contributed by atoms with Crippen LogP contribution in [-0.2, 0) is 25.9 Å². The maximum absolute atomic E-state index is 13.5. The summed E-state index contributed by atoms with van der Waals surface area (Å²) in [5, 5.41) is 19.1. The fourth-order valence-corrected chi connectivity index (χ4v) is 6.27. The molecule has 2 amide bonds. The second-order valence-corrected chi connectivity index (χ2v) is 12.0. The quantitative estimate of drug-likeness (QED) is 0.118. The average Bonchev–Trinajstić information content (AvgIpc) is 3.06. The molecule has 1 atom stereocenters. The van der Waals surface area contributed by atoms with E-state index in [-0.39, 0.29) is 35.2 Å². The molecule has 5 aromatic rings. The van der Waals surface area contributed by atoms with Gasteiger partial charge in [-0.15, -0.1) is 0 Å². The number of nitrogens with one attached hydrogen (secondary N) is 3. The summed E-state index contributed by atoms with van der Waals surface area (Å²) in [5.41, 5.74) is 4.63. The number of sulfone groups is 1. The third kappa shape index (κ3) is 7.11. The molecular formula is C33H29N5O7S. The second kappa shape index (κ2) is 13.9. The molecule has 0 aliphatic carbocycles. The lowest BCUT2D eigenvalue weighted by atomic mass is 10.0. The molecule has 12 nitrogen and oxygen atoms in total. The summed E-state index contributed by atoms with van der Waals surface area (Å²) in [5.74, 6) is -1.90. The van der Waals surface area contributed by atoms with Crippen molar-refractivity contribution in [2.45, 2.75) is 23.7 Å². The number of benzene rings is 4. The number of aromatic nitrogens is 1. The molecule has 0 aliphatic rings. The van der Waals surface area contributed by atoms with Gasteiger partial charge in [0.1, 0.15) is 0 Å². The van der Waals surface area contributed by atoms with Crippen molar-refractivity contribution in [1.82, 2.24) is 15.7 Å². The number of carboxylic acid groups (broad SMARTS) is 1. The lowest BCUT2D eigenvalue weighted by Gasteiger charge is -2.18. The standard InChI is InChI=1S/C33H29N5O7S/c1-2-45-33(42)38-36-20-22-13-11-21(12-14-22)19-35-30(39)27-9-3-7-24-18-25(15-16-26(24)27)37-31(32(40)41)46(43,44)28-10-4-6-23-8-5-17-34-29(23)28/h3-18,20,31,37H,2,19H2,1H3,(H,35,39)(H,38,42)(H,40,41)/b36-20+. The van der Waals surface area contributed by atoms with Gasteiger partial charge in [-0.05, 0) is 59.2 Å². The Morgan fingerprint density at radius 3 is 2.46 bits per heavy atom. The Bertz CT molecular complexity index is 2060. The van der Waals surface area contributed by atoms with Crippen LogP contribution in [-0.4, -0.2) is 54.7 Å². The Balaban J connectivity index is 1.29. The molecule has 0 fully saturated rings. The van der Waals surface area contributed by atoms with Crippen molar-refractivity contribution in [3.63, 3.8) is 0 Å². The van der Waals surface area contributed by atoms with E-state index in [0.717, 1.165) is 11.1 Å². The molecule has 234 valence electrons. The largest absolute Gasteiger partial charge is 0.479 e. The van der Waals surface area contributed by atoms with Crippen molar-refractivity contribution in [2.75, 3.05) is 11.9 Å². The monoisotopic (exact) mass is 639 g/mol. The maximum Gasteiger partial charge on any atom is 0.427 e. The van der Waals surface area contributed by atoms with Gasteiger partial charge in [0.15, 0.2) is 0 Å². The van der Waals surface area contributed by atoms with Gasteiger partial charge in [-0.1, -0.05) is 60.7 Å². The second-order valence-electron chi connectivity index (χ2n) is 10.00. The number of carbonyl (C=O) groups excluding carboxylic acids is 2. The zero-order chi connectivity index (χ0) is 32.7. The van der Waals surface area contributed by atoms with Crippen molar-refractivity contribution in [1.29, 1.82) is 0 Å². The van der Waals surface area contributed by atoms with E-state index in [1.165, 1.54) is 30.6 Å². The van der Waals surface area contributed by atoms with E-state index in [2.05, 4.69) is 26.1 Å². The predicted octanol–water partition coefficient (Wildman–Crippen LogP) is 4.69. The number of rotatable bonds is 11. The normalized spacial score (nSPS) is 12.1. The smallest absolute Gasteiger partial charge is 0.427 e. The molecule has 1 unspecified atom stereocenters. The first kappa shape index (κ1) is 31.6. The van der Waals surface area contributed by atoms with Gasteiger partial charge in [-0.3, -0.25) is 9.78 Å². The average molecular weight is 640 g/mol. The molecule has 4 N–H and O–H groups in total. The Hall–Kier alpha value is -5.82. The highest BCUT2D eigenvalue weighted by Crippen LogP contribution is 2.28. The Morgan fingerprint density at radius 1 is 0.957 bits per heavy atom. The fourth-order valence-electron chi connectivity index (χ4n) is 4.75. The van der Waals surface area contributed by atoms with Crippen LogP contribution < -0.4 is 16.1 Å². The highest BCUT2D eigenvalue weighted by atomic mass is 32.2. The number of pyridine rings is 1. The van der Waals surface area contributed by atoms with Crippen LogP contribution in [0.15, 0.2) is 107 Å². The highest BCUT2D eigenvalue weighted by Gasteiger charge is 2.35. The van der Waals surface area contributed by atoms with E-state index >= 15 is 0 Å². The van der Waals surface area contributed by atoms with Crippen molar-refractivity contribution in [2.24, 2.45) is 5.10 Å². The van der Waals surface area contributed by atoms with Crippen LogP contribution >= 0.6 is 0 Å². The zero-order valence-corrected chi connectivity index (χ0v) is 25.3. The predicted molar refractivity (Wildman–Crippen MR) is 173 cm³/mol. The highest BCUT2D eigenvalue weighted by molar-refractivity contribution is 7.93. The number of carbonyl (C=O) groups is 3. The SMILES string of the molecule is CCOC(=O)N/N=C/c1ccc(CNC(=O)c2cccc3cc(NC(C(=O)O)S(=O)(=O)c4cccc5cccnc45)ccc23)cc1. The summed E-state index contributed by atoms with van der Waals surface area (Å²) in [6, 6.07) is 25.0. The fraction of sp³-hybridized carbons (Fsp3) is 0.121. The van der Waals surface area contributed by atoms with Gasteiger partial charge in [0.25, 0.3) is 5.91 Å². The molecule has 1 heterocycles. The summed E-state index contributed by atoms with van der Waals surface area (Å²) >= 11 is 0. The molecule has 0 bridgehead atoms. The molecule has 4 aromatic carbocycles. The number of nitrogens with zero attached hydrogens (tertiary/aromatic N) is 2. The number of ether oxygens (including phenoxy) is 1. The molecule has 0 radical (unpaired) electrons.